The Bertz CT molecular complexity index is 565. The Morgan fingerprint density at radius 3 is 3.05 bits per heavy atom. The van der Waals surface area contributed by atoms with Gasteiger partial charge in [-0.25, -0.2) is 4.39 Å². The van der Waals surface area contributed by atoms with Crippen molar-refractivity contribution in [1.82, 2.24) is 4.90 Å². The minimum atomic E-state index is -0.142. The zero-order valence-electron chi connectivity index (χ0n) is 10.9. The predicted octanol–water partition coefficient (Wildman–Crippen LogP) is 2.01. The molecule has 1 aromatic carbocycles. The summed E-state index contributed by atoms with van der Waals surface area (Å²) in [4.78, 5) is 6.77. The van der Waals surface area contributed by atoms with Crippen molar-refractivity contribution in [2.45, 2.75) is 31.2 Å². The molecule has 2 N–H and O–H groups in total. The van der Waals surface area contributed by atoms with Crippen LogP contribution in [0.3, 0.4) is 0 Å². The molecule has 100 valence electrons. The number of fused-ring (bicyclic) bond motifs is 2. The van der Waals surface area contributed by atoms with Gasteiger partial charge in [-0.05, 0) is 54.9 Å². The van der Waals surface area contributed by atoms with Crippen LogP contribution in [0.25, 0.3) is 0 Å². The molecular weight excluding hydrogens is 241 g/mol. The van der Waals surface area contributed by atoms with E-state index in [9.17, 15) is 4.39 Å². The smallest absolute Gasteiger partial charge is 0.192 e. The third-order valence-electron chi connectivity index (χ3n) is 4.81. The van der Waals surface area contributed by atoms with Crippen LogP contribution in [0.5, 0.6) is 0 Å². The van der Waals surface area contributed by atoms with Crippen molar-refractivity contribution >= 4 is 5.96 Å². The number of guanidine groups is 1. The summed E-state index contributed by atoms with van der Waals surface area (Å²) in [6, 6.07) is 5.18. The summed E-state index contributed by atoms with van der Waals surface area (Å²) in [6.45, 7) is 1.73. The molecule has 19 heavy (non-hydrogen) atoms. The van der Waals surface area contributed by atoms with Crippen molar-refractivity contribution in [3.63, 3.8) is 0 Å². The van der Waals surface area contributed by atoms with Crippen molar-refractivity contribution in [3.8, 4) is 0 Å². The number of aliphatic imine (C=N–C) groups is 1. The third kappa shape index (κ3) is 1.58. The number of nitrogens with zero attached hydrogens (tertiary/aromatic N) is 2. The number of aryl methyl sites for hydroxylation is 1. The lowest BCUT2D eigenvalue weighted by atomic mass is 9.90. The van der Waals surface area contributed by atoms with E-state index in [4.69, 9.17) is 5.73 Å². The van der Waals surface area contributed by atoms with E-state index >= 15 is 0 Å². The van der Waals surface area contributed by atoms with E-state index in [2.05, 4.69) is 9.89 Å². The van der Waals surface area contributed by atoms with E-state index in [1.54, 1.807) is 12.1 Å². The molecule has 3 aliphatic rings. The number of rotatable bonds is 2. The number of hydrogen-bond acceptors (Lipinski definition) is 3. The summed E-state index contributed by atoms with van der Waals surface area (Å²) >= 11 is 0. The van der Waals surface area contributed by atoms with Crippen LogP contribution in [0.2, 0.25) is 0 Å². The second-order valence-electron chi connectivity index (χ2n) is 6.06. The molecule has 1 atom stereocenters. The highest BCUT2D eigenvalue weighted by Crippen LogP contribution is 2.46. The molecule has 3 nitrogen and oxygen atoms in total. The summed E-state index contributed by atoms with van der Waals surface area (Å²) in [5.41, 5.74) is 8.38. The van der Waals surface area contributed by atoms with Crippen LogP contribution in [0.15, 0.2) is 23.2 Å². The first kappa shape index (κ1) is 11.3. The molecule has 2 aliphatic carbocycles. The van der Waals surface area contributed by atoms with Gasteiger partial charge in [-0.15, -0.1) is 0 Å². The van der Waals surface area contributed by atoms with Crippen LogP contribution in [0.4, 0.5) is 4.39 Å². The maximum Gasteiger partial charge on any atom is 0.192 e. The maximum atomic E-state index is 13.4. The van der Waals surface area contributed by atoms with Crippen molar-refractivity contribution in [2.75, 3.05) is 13.1 Å². The standard InChI is InChI=1S/C15H18FN3/c16-12-3-4-13-11(7-12)5-6-15(13)9-18-14(17)19(15)8-10-1-2-10/h3-4,7,10H,1-2,5-6,8-9H2,(H2,17,18). The fourth-order valence-electron chi connectivity index (χ4n) is 3.57. The Balaban J connectivity index is 1.74. The Morgan fingerprint density at radius 2 is 2.26 bits per heavy atom. The summed E-state index contributed by atoms with van der Waals surface area (Å²) in [7, 11) is 0. The lowest BCUT2D eigenvalue weighted by Gasteiger charge is -2.37. The summed E-state index contributed by atoms with van der Waals surface area (Å²) < 4.78 is 13.4. The van der Waals surface area contributed by atoms with Gasteiger partial charge >= 0.3 is 0 Å². The maximum absolute atomic E-state index is 13.4. The Labute approximate surface area is 112 Å². The van der Waals surface area contributed by atoms with Gasteiger partial charge in [0.15, 0.2) is 5.96 Å². The van der Waals surface area contributed by atoms with Crippen LogP contribution >= 0.6 is 0 Å². The number of nitrogens with two attached hydrogens (primary N) is 1. The zero-order chi connectivity index (χ0) is 13.0. The number of halogens is 1. The molecule has 1 fully saturated rings. The SMILES string of the molecule is NC1=NCC2(CCc3cc(F)ccc32)N1CC1CC1. The van der Waals surface area contributed by atoms with Gasteiger partial charge in [0.25, 0.3) is 0 Å². The second-order valence-corrected chi connectivity index (χ2v) is 6.06. The highest BCUT2D eigenvalue weighted by atomic mass is 19.1. The largest absolute Gasteiger partial charge is 0.370 e. The van der Waals surface area contributed by atoms with E-state index in [1.807, 2.05) is 6.07 Å². The lowest BCUT2D eigenvalue weighted by molar-refractivity contribution is 0.194. The first-order valence-electron chi connectivity index (χ1n) is 7.05. The first-order valence-corrected chi connectivity index (χ1v) is 7.05. The van der Waals surface area contributed by atoms with Gasteiger partial charge in [-0.2, -0.15) is 0 Å². The van der Waals surface area contributed by atoms with Gasteiger partial charge in [0.1, 0.15) is 5.82 Å². The van der Waals surface area contributed by atoms with Gasteiger partial charge in [-0.3, -0.25) is 4.99 Å². The Hall–Kier alpha value is -1.58. The number of hydrogen-bond donors (Lipinski definition) is 1. The highest BCUT2D eigenvalue weighted by Gasteiger charge is 2.49. The molecule has 0 radical (unpaired) electrons. The summed E-state index contributed by atoms with van der Waals surface area (Å²) in [5.74, 6) is 1.30. The summed E-state index contributed by atoms with van der Waals surface area (Å²) in [5, 5.41) is 0. The minimum Gasteiger partial charge on any atom is -0.370 e. The lowest BCUT2D eigenvalue weighted by Crippen LogP contribution is -2.49. The van der Waals surface area contributed by atoms with E-state index in [0.29, 0.717) is 5.96 Å². The molecule has 4 rings (SSSR count). The van der Waals surface area contributed by atoms with Crippen LogP contribution < -0.4 is 5.73 Å². The average Bonchev–Trinajstić information content (AvgIpc) is 3.08. The van der Waals surface area contributed by atoms with Crippen molar-refractivity contribution < 1.29 is 4.39 Å². The molecule has 1 spiro atoms. The van der Waals surface area contributed by atoms with E-state index in [0.717, 1.165) is 37.4 Å². The topological polar surface area (TPSA) is 41.6 Å². The third-order valence-corrected chi connectivity index (χ3v) is 4.81. The zero-order valence-corrected chi connectivity index (χ0v) is 10.9. The highest BCUT2D eigenvalue weighted by molar-refractivity contribution is 5.81. The molecule has 1 aromatic rings. The Morgan fingerprint density at radius 1 is 1.42 bits per heavy atom. The van der Waals surface area contributed by atoms with Crippen molar-refractivity contribution in [2.24, 2.45) is 16.6 Å². The number of benzene rings is 1. The molecule has 0 aromatic heterocycles. The van der Waals surface area contributed by atoms with Crippen molar-refractivity contribution in [1.29, 1.82) is 0 Å². The van der Waals surface area contributed by atoms with Gasteiger partial charge < -0.3 is 10.6 Å². The van der Waals surface area contributed by atoms with E-state index < -0.39 is 0 Å². The molecule has 0 amide bonds. The fourth-order valence-corrected chi connectivity index (χ4v) is 3.57. The molecule has 1 aliphatic heterocycles. The Kier molecular flexibility index (Phi) is 2.20. The minimum absolute atomic E-state index is 0.0876. The molecule has 1 heterocycles. The van der Waals surface area contributed by atoms with Crippen LogP contribution in [-0.2, 0) is 12.0 Å². The molecule has 0 saturated heterocycles. The van der Waals surface area contributed by atoms with Crippen molar-refractivity contribution in [3.05, 3.63) is 35.1 Å². The predicted molar refractivity (Wildman–Crippen MR) is 72.3 cm³/mol. The molecule has 0 bridgehead atoms. The van der Waals surface area contributed by atoms with Crippen LogP contribution in [-0.4, -0.2) is 23.9 Å². The van der Waals surface area contributed by atoms with Crippen LogP contribution in [0, 0.1) is 11.7 Å². The quantitative estimate of drug-likeness (QED) is 0.882. The van der Waals surface area contributed by atoms with Gasteiger partial charge in [0, 0.05) is 6.54 Å². The first-order chi connectivity index (χ1) is 9.19. The summed E-state index contributed by atoms with van der Waals surface area (Å²) in [6.07, 6.45) is 4.53. The van der Waals surface area contributed by atoms with E-state index in [1.165, 1.54) is 18.4 Å². The molecule has 1 unspecified atom stereocenters. The fraction of sp³-hybridized carbons (Fsp3) is 0.533. The monoisotopic (exact) mass is 259 g/mol. The second kappa shape index (κ2) is 3.71. The van der Waals surface area contributed by atoms with Gasteiger partial charge in [0.2, 0.25) is 0 Å². The van der Waals surface area contributed by atoms with Crippen LogP contribution in [0.1, 0.15) is 30.4 Å². The van der Waals surface area contributed by atoms with Gasteiger partial charge in [0.05, 0.1) is 12.1 Å². The average molecular weight is 259 g/mol. The molecular formula is C15H18FN3. The molecule has 1 saturated carbocycles. The van der Waals surface area contributed by atoms with E-state index in [-0.39, 0.29) is 11.4 Å². The molecule has 4 heteroatoms. The normalized spacial score (nSPS) is 28.9. The van der Waals surface area contributed by atoms with Gasteiger partial charge in [-0.1, -0.05) is 6.07 Å².